The van der Waals surface area contributed by atoms with Gasteiger partial charge in [0.25, 0.3) is 5.91 Å². The Balaban J connectivity index is 2.07. The zero-order valence-corrected chi connectivity index (χ0v) is 16.2. The number of hydrogen-bond donors (Lipinski definition) is 1. The Morgan fingerprint density at radius 2 is 1.85 bits per heavy atom. The van der Waals surface area contributed by atoms with Gasteiger partial charge in [0.1, 0.15) is 5.75 Å². The second-order valence-electron chi connectivity index (χ2n) is 6.66. The van der Waals surface area contributed by atoms with E-state index in [4.69, 9.17) is 9.47 Å². The van der Waals surface area contributed by atoms with Gasteiger partial charge in [0.2, 0.25) is 0 Å². The molecule has 4 nitrogen and oxygen atoms in total. The molecule has 0 fully saturated rings. The number of nitrogens with one attached hydrogen (secondary N) is 1. The maximum Gasteiger partial charge on any atom is 0.255 e. The van der Waals surface area contributed by atoms with E-state index in [1.165, 1.54) is 5.56 Å². The molecule has 0 saturated heterocycles. The van der Waals surface area contributed by atoms with Gasteiger partial charge < -0.3 is 14.8 Å². The summed E-state index contributed by atoms with van der Waals surface area (Å²) in [5.41, 5.74) is 3.51. The molecule has 4 heteroatoms. The number of benzene rings is 2. The zero-order valence-electron chi connectivity index (χ0n) is 16.2. The normalized spacial score (nSPS) is 10.8. The monoisotopic (exact) mass is 355 g/mol. The molecule has 0 aliphatic rings. The minimum atomic E-state index is -0.139. The average molecular weight is 355 g/mol. The van der Waals surface area contributed by atoms with Gasteiger partial charge in [-0.25, -0.2) is 0 Å². The molecule has 2 rings (SSSR count). The Labute approximate surface area is 156 Å². The van der Waals surface area contributed by atoms with Crippen LogP contribution in [0.5, 0.6) is 5.75 Å². The van der Waals surface area contributed by atoms with Gasteiger partial charge in [-0.2, -0.15) is 0 Å². The SMILES string of the molecule is CCCCOCc1cc(C(=O)Nc2ccc(C(C)C)cc2)ccc1OC. The fraction of sp³-hybridized carbons (Fsp3) is 0.409. The number of carbonyl (C=O) groups is 1. The Bertz CT molecular complexity index is 708. The first-order valence-electron chi connectivity index (χ1n) is 9.21. The van der Waals surface area contributed by atoms with Crippen LogP contribution in [0.4, 0.5) is 5.69 Å². The molecule has 0 bridgehead atoms. The van der Waals surface area contributed by atoms with Crippen LogP contribution in [0, 0.1) is 0 Å². The molecule has 0 saturated carbocycles. The fourth-order valence-corrected chi connectivity index (χ4v) is 2.62. The summed E-state index contributed by atoms with van der Waals surface area (Å²) in [5, 5.41) is 2.94. The van der Waals surface area contributed by atoms with Crippen LogP contribution in [0.1, 0.15) is 61.0 Å². The molecular formula is C22H29NO3. The molecule has 0 unspecified atom stereocenters. The molecule has 0 aromatic heterocycles. The van der Waals surface area contributed by atoms with Gasteiger partial charge in [-0.1, -0.05) is 39.3 Å². The van der Waals surface area contributed by atoms with Crippen molar-refractivity contribution in [3.05, 3.63) is 59.2 Å². The van der Waals surface area contributed by atoms with Crippen molar-refractivity contribution in [3.8, 4) is 5.75 Å². The quantitative estimate of drug-likeness (QED) is 0.614. The van der Waals surface area contributed by atoms with E-state index < -0.39 is 0 Å². The highest BCUT2D eigenvalue weighted by atomic mass is 16.5. The van der Waals surface area contributed by atoms with E-state index in [0.29, 0.717) is 24.7 Å². The van der Waals surface area contributed by atoms with Crippen LogP contribution in [0.2, 0.25) is 0 Å². The molecule has 1 amide bonds. The Morgan fingerprint density at radius 3 is 2.46 bits per heavy atom. The number of carbonyl (C=O) groups excluding carboxylic acids is 1. The van der Waals surface area contributed by atoms with Crippen LogP contribution in [0.3, 0.4) is 0 Å². The maximum atomic E-state index is 12.6. The second kappa shape index (κ2) is 9.97. The molecule has 0 heterocycles. The molecule has 2 aromatic carbocycles. The van der Waals surface area contributed by atoms with Crippen molar-refractivity contribution < 1.29 is 14.3 Å². The first kappa shape index (κ1) is 20.0. The van der Waals surface area contributed by atoms with Crippen molar-refractivity contribution in [1.29, 1.82) is 0 Å². The van der Waals surface area contributed by atoms with Gasteiger partial charge in [0, 0.05) is 23.4 Å². The van der Waals surface area contributed by atoms with Crippen LogP contribution < -0.4 is 10.1 Å². The van der Waals surface area contributed by atoms with E-state index in [9.17, 15) is 4.79 Å². The number of unbranched alkanes of at least 4 members (excludes halogenated alkanes) is 1. The number of methoxy groups -OCH3 is 1. The van der Waals surface area contributed by atoms with E-state index in [0.717, 1.165) is 29.8 Å². The minimum absolute atomic E-state index is 0.139. The summed E-state index contributed by atoms with van der Waals surface area (Å²) < 4.78 is 11.1. The van der Waals surface area contributed by atoms with E-state index in [-0.39, 0.29) is 5.91 Å². The molecule has 0 radical (unpaired) electrons. The summed E-state index contributed by atoms with van der Waals surface area (Å²) in [4.78, 5) is 12.6. The molecule has 1 N–H and O–H groups in total. The lowest BCUT2D eigenvalue weighted by Gasteiger charge is -2.12. The summed E-state index contributed by atoms with van der Waals surface area (Å²) in [6, 6.07) is 13.4. The second-order valence-corrected chi connectivity index (χ2v) is 6.66. The van der Waals surface area contributed by atoms with Gasteiger partial charge in [0.15, 0.2) is 0 Å². The van der Waals surface area contributed by atoms with Crippen molar-refractivity contribution >= 4 is 11.6 Å². The summed E-state index contributed by atoms with van der Waals surface area (Å²) in [6.07, 6.45) is 2.12. The third-order valence-electron chi connectivity index (χ3n) is 4.28. The number of amides is 1. The lowest BCUT2D eigenvalue weighted by molar-refractivity contribution is 0.102. The average Bonchev–Trinajstić information content (AvgIpc) is 2.65. The standard InChI is InChI=1S/C22H29NO3/c1-5-6-13-26-15-19-14-18(9-12-21(19)25-4)22(24)23-20-10-7-17(8-11-20)16(2)3/h7-12,14,16H,5-6,13,15H2,1-4H3,(H,23,24). The molecule has 2 aromatic rings. The van der Waals surface area contributed by atoms with Crippen molar-refractivity contribution in [1.82, 2.24) is 0 Å². The van der Waals surface area contributed by atoms with Gasteiger partial charge in [0.05, 0.1) is 13.7 Å². The highest BCUT2D eigenvalue weighted by molar-refractivity contribution is 6.04. The first-order valence-corrected chi connectivity index (χ1v) is 9.21. The van der Waals surface area contributed by atoms with Crippen LogP contribution in [0.15, 0.2) is 42.5 Å². The molecule has 140 valence electrons. The van der Waals surface area contributed by atoms with E-state index >= 15 is 0 Å². The Hall–Kier alpha value is -2.33. The van der Waals surface area contributed by atoms with E-state index in [2.05, 4.69) is 26.1 Å². The van der Waals surface area contributed by atoms with Crippen LogP contribution >= 0.6 is 0 Å². The van der Waals surface area contributed by atoms with Crippen molar-refractivity contribution in [2.75, 3.05) is 19.0 Å². The maximum absolute atomic E-state index is 12.6. The lowest BCUT2D eigenvalue weighted by Crippen LogP contribution is -2.12. The summed E-state index contributed by atoms with van der Waals surface area (Å²) in [6.45, 7) is 7.57. The third kappa shape index (κ3) is 5.60. The van der Waals surface area contributed by atoms with E-state index in [1.807, 2.05) is 36.4 Å². The van der Waals surface area contributed by atoms with Crippen LogP contribution in [-0.4, -0.2) is 19.6 Å². The summed E-state index contributed by atoms with van der Waals surface area (Å²) in [7, 11) is 1.63. The summed E-state index contributed by atoms with van der Waals surface area (Å²) in [5.74, 6) is 1.07. The first-order chi connectivity index (χ1) is 12.5. The molecule has 0 spiro atoms. The number of rotatable bonds is 9. The van der Waals surface area contributed by atoms with Crippen molar-refractivity contribution in [3.63, 3.8) is 0 Å². The molecule has 0 aliphatic heterocycles. The number of hydrogen-bond acceptors (Lipinski definition) is 3. The van der Waals surface area contributed by atoms with Crippen LogP contribution in [-0.2, 0) is 11.3 Å². The number of anilines is 1. The highest BCUT2D eigenvalue weighted by Gasteiger charge is 2.11. The van der Waals surface area contributed by atoms with Gasteiger partial charge in [-0.15, -0.1) is 0 Å². The largest absolute Gasteiger partial charge is 0.496 e. The molecule has 0 atom stereocenters. The highest BCUT2D eigenvalue weighted by Crippen LogP contribution is 2.22. The third-order valence-corrected chi connectivity index (χ3v) is 4.28. The predicted molar refractivity (Wildman–Crippen MR) is 106 cm³/mol. The Morgan fingerprint density at radius 1 is 1.12 bits per heavy atom. The molecule has 26 heavy (non-hydrogen) atoms. The van der Waals surface area contributed by atoms with Crippen molar-refractivity contribution in [2.24, 2.45) is 0 Å². The zero-order chi connectivity index (χ0) is 18.9. The van der Waals surface area contributed by atoms with Crippen LogP contribution in [0.25, 0.3) is 0 Å². The van der Waals surface area contributed by atoms with Crippen molar-refractivity contribution in [2.45, 2.75) is 46.1 Å². The molecular weight excluding hydrogens is 326 g/mol. The summed E-state index contributed by atoms with van der Waals surface area (Å²) >= 11 is 0. The Kier molecular flexibility index (Phi) is 7.67. The van der Waals surface area contributed by atoms with Gasteiger partial charge in [-0.3, -0.25) is 4.79 Å². The molecule has 0 aliphatic carbocycles. The van der Waals surface area contributed by atoms with Gasteiger partial charge in [-0.05, 0) is 48.2 Å². The predicted octanol–water partition coefficient (Wildman–Crippen LogP) is 5.39. The van der Waals surface area contributed by atoms with E-state index in [1.54, 1.807) is 13.2 Å². The fourth-order valence-electron chi connectivity index (χ4n) is 2.62. The minimum Gasteiger partial charge on any atom is -0.496 e. The lowest BCUT2D eigenvalue weighted by atomic mass is 10.0. The smallest absolute Gasteiger partial charge is 0.255 e. The van der Waals surface area contributed by atoms with Gasteiger partial charge >= 0.3 is 0 Å². The topological polar surface area (TPSA) is 47.6 Å². The number of ether oxygens (including phenoxy) is 2.